The van der Waals surface area contributed by atoms with Gasteiger partial charge in [0.2, 0.25) is 5.91 Å². The molecule has 2 amide bonds. The van der Waals surface area contributed by atoms with Gasteiger partial charge in [-0.05, 0) is 27.2 Å². The van der Waals surface area contributed by atoms with Gasteiger partial charge in [-0.15, -0.1) is 0 Å². The fourth-order valence-corrected chi connectivity index (χ4v) is 1.86. The molecule has 0 radical (unpaired) electrons. The van der Waals surface area contributed by atoms with Gasteiger partial charge in [-0.25, -0.2) is 4.79 Å². The molecule has 1 rings (SSSR count). The van der Waals surface area contributed by atoms with Gasteiger partial charge in [0.15, 0.2) is 0 Å². The van der Waals surface area contributed by atoms with Crippen molar-refractivity contribution in [3.8, 4) is 0 Å². The summed E-state index contributed by atoms with van der Waals surface area (Å²) in [6.07, 6.45) is -0.990. The first-order valence-electron chi connectivity index (χ1n) is 6.02. The number of likely N-dealkylation sites (N-methyl/N-ethyl adjacent to an activating group) is 1. The first-order valence-corrected chi connectivity index (χ1v) is 6.02. The first kappa shape index (κ1) is 14.8. The summed E-state index contributed by atoms with van der Waals surface area (Å²) in [5.74, 6) is -0.286. The van der Waals surface area contributed by atoms with E-state index in [9.17, 15) is 14.7 Å². The van der Waals surface area contributed by atoms with Crippen LogP contribution >= 0.6 is 0 Å². The smallest absolute Gasteiger partial charge is 0.411 e. The Morgan fingerprint density at radius 2 is 1.89 bits per heavy atom. The lowest BCUT2D eigenvalue weighted by atomic mass is 10.1. The van der Waals surface area contributed by atoms with Crippen LogP contribution in [0.2, 0.25) is 0 Å². The van der Waals surface area contributed by atoms with E-state index >= 15 is 0 Å². The third-order valence-electron chi connectivity index (χ3n) is 2.69. The second-order valence-electron chi connectivity index (χ2n) is 5.71. The van der Waals surface area contributed by atoms with Crippen molar-refractivity contribution < 1.29 is 19.4 Å². The van der Waals surface area contributed by atoms with Crippen molar-refractivity contribution in [3.63, 3.8) is 0 Å². The number of carbonyl (C=O) groups excluding carboxylic acids is 2. The lowest BCUT2D eigenvalue weighted by molar-refractivity contribution is -0.136. The van der Waals surface area contributed by atoms with Crippen LogP contribution in [0.1, 0.15) is 27.2 Å². The molecule has 0 saturated carbocycles. The molecule has 104 valence electrons. The standard InChI is InChI=1S/C12H22N2O4/c1-12(2,3)18-11(17)14-7-6-8(15)9(14)10(16)13(4)5/h8-9,15H,6-7H2,1-5H3/t8?,9-/m0/s1. The second kappa shape index (κ2) is 5.14. The van der Waals surface area contributed by atoms with Gasteiger partial charge in [0.25, 0.3) is 0 Å². The van der Waals surface area contributed by atoms with Crippen LogP contribution in [0.15, 0.2) is 0 Å². The zero-order valence-electron chi connectivity index (χ0n) is 11.6. The van der Waals surface area contributed by atoms with E-state index in [-0.39, 0.29) is 5.91 Å². The maximum absolute atomic E-state index is 12.0. The fourth-order valence-electron chi connectivity index (χ4n) is 1.86. The van der Waals surface area contributed by atoms with E-state index in [1.54, 1.807) is 34.9 Å². The normalized spacial score (nSPS) is 24.0. The van der Waals surface area contributed by atoms with E-state index in [1.165, 1.54) is 9.80 Å². The quantitative estimate of drug-likeness (QED) is 0.741. The van der Waals surface area contributed by atoms with Crippen LogP contribution in [0.4, 0.5) is 4.79 Å². The predicted octanol–water partition coefficient (Wildman–Crippen LogP) is 0.445. The molecule has 1 heterocycles. The van der Waals surface area contributed by atoms with Gasteiger partial charge in [-0.3, -0.25) is 9.69 Å². The minimum Gasteiger partial charge on any atom is -0.444 e. The number of amides is 2. The van der Waals surface area contributed by atoms with Crippen molar-refractivity contribution in [3.05, 3.63) is 0 Å². The molecule has 0 aromatic heterocycles. The monoisotopic (exact) mass is 258 g/mol. The summed E-state index contributed by atoms with van der Waals surface area (Å²) >= 11 is 0. The van der Waals surface area contributed by atoms with E-state index in [2.05, 4.69) is 0 Å². The maximum atomic E-state index is 12.0. The number of ether oxygens (including phenoxy) is 1. The van der Waals surface area contributed by atoms with Gasteiger partial charge in [0.1, 0.15) is 11.6 Å². The summed E-state index contributed by atoms with van der Waals surface area (Å²) in [5.41, 5.74) is -0.615. The lowest BCUT2D eigenvalue weighted by Gasteiger charge is -2.30. The summed E-state index contributed by atoms with van der Waals surface area (Å²) in [6.45, 7) is 5.63. The van der Waals surface area contributed by atoms with Crippen molar-refractivity contribution in [2.24, 2.45) is 0 Å². The number of hydrogen-bond acceptors (Lipinski definition) is 4. The Morgan fingerprint density at radius 1 is 1.33 bits per heavy atom. The van der Waals surface area contributed by atoms with Crippen LogP contribution in [0, 0.1) is 0 Å². The Morgan fingerprint density at radius 3 is 2.33 bits per heavy atom. The Hall–Kier alpha value is -1.30. The maximum Gasteiger partial charge on any atom is 0.411 e. The van der Waals surface area contributed by atoms with E-state index in [0.29, 0.717) is 13.0 Å². The summed E-state index contributed by atoms with van der Waals surface area (Å²) < 4.78 is 5.24. The summed E-state index contributed by atoms with van der Waals surface area (Å²) in [6, 6.07) is -0.838. The van der Waals surface area contributed by atoms with Gasteiger partial charge in [-0.1, -0.05) is 0 Å². The van der Waals surface area contributed by atoms with Crippen molar-refractivity contribution in [2.75, 3.05) is 20.6 Å². The van der Waals surface area contributed by atoms with Gasteiger partial charge < -0.3 is 14.7 Å². The molecule has 6 heteroatoms. The van der Waals surface area contributed by atoms with Crippen molar-refractivity contribution in [1.82, 2.24) is 9.80 Å². The van der Waals surface area contributed by atoms with Gasteiger partial charge >= 0.3 is 6.09 Å². The van der Waals surface area contributed by atoms with Crippen LogP contribution < -0.4 is 0 Å². The first-order chi connectivity index (χ1) is 8.13. The number of hydrogen-bond donors (Lipinski definition) is 1. The average molecular weight is 258 g/mol. The predicted molar refractivity (Wildman–Crippen MR) is 66.0 cm³/mol. The Kier molecular flexibility index (Phi) is 4.21. The third kappa shape index (κ3) is 3.35. The van der Waals surface area contributed by atoms with E-state index in [4.69, 9.17) is 4.74 Å². The fraction of sp³-hybridized carbons (Fsp3) is 0.833. The molecule has 1 aliphatic heterocycles. The number of carbonyl (C=O) groups is 2. The minimum absolute atomic E-state index is 0.286. The highest BCUT2D eigenvalue weighted by atomic mass is 16.6. The second-order valence-corrected chi connectivity index (χ2v) is 5.71. The largest absolute Gasteiger partial charge is 0.444 e. The van der Waals surface area contributed by atoms with Crippen LogP contribution in [-0.4, -0.2) is 65.3 Å². The number of nitrogens with zero attached hydrogens (tertiary/aromatic N) is 2. The van der Waals surface area contributed by atoms with E-state index < -0.39 is 23.8 Å². The Labute approximate surface area is 107 Å². The van der Waals surface area contributed by atoms with Gasteiger partial charge in [0.05, 0.1) is 6.10 Å². The van der Waals surface area contributed by atoms with Gasteiger partial charge in [0, 0.05) is 20.6 Å². The minimum atomic E-state index is -0.838. The molecule has 0 aromatic rings. The summed E-state index contributed by atoms with van der Waals surface area (Å²) in [7, 11) is 3.20. The zero-order chi connectivity index (χ0) is 14.1. The Bertz CT molecular complexity index is 335. The van der Waals surface area contributed by atoms with Crippen molar-refractivity contribution in [2.45, 2.75) is 44.9 Å². The van der Waals surface area contributed by atoms with Gasteiger partial charge in [-0.2, -0.15) is 0 Å². The topological polar surface area (TPSA) is 70.1 Å². The SMILES string of the molecule is CN(C)C(=O)[C@@H]1C(O)CCN1C(=O)OC(C)(C)C. The highest BCUT2D eigenvalue weighted by Gasteiger charge is 2.43. The number of likely N-dealkylation sites (tertiary alicyclic amines) is 1. The van der Waals surface area contributed by atoms with E-state index in [1.807, 2.05) is 0 Å². The molecule has 2 atom stereocenters. The molecule has 0 bridgehead atoms. The molecule has 1 fully saturated rings. The highest BCUT2D eigenvalue weighted by Crippen LogP contribution is 2.22. The molecule has 18 heavy (non-hydrogen) atoms. The van der Waals surface area contributed by atoms with Crippen LogP contribution in [-0.2, 0) is 9.53 Å². The van der Waals surface area contributed by atoms with Crippen LogP contribution in [0.5, 0.6) is 0 Å². The molecule has 1 unspecified atom stereocenters. The summed E-state index contributed by atoms with van der Waals surface area (Å²) in [5, 5.41) is 9.83. The van der Waals surface area contributed by atoms with Crippen molar-refractivity contribution in [1.29, 1.82) is 0 Å². The Balaban J connectivity index is 2.81. The molecular weight excluding hydrogens is 236 g/mol. The number of aliphatic hydroxyl groups excluding tert-OH is 1. The third-order valence-corrected chi connectivity index (χ3v) is 2.69. The van der Waals surface area contributed by atoms with Crippen LogP contribution in [0.25, 0.3) is 0 Å². The number of aliphatic hydroxyl groups is 1. The van der Waals surface area contributed by atoms with Crippen molar-refractivity contribution >= 4 is 12.0 Å². The average Bonchev–Trinajstić information content (AvgIpc) is 2.56. The molecule has 0 aliphatic carbocycles. The molecular formula is C12H22N2O4. The summed E-state index contributed by atoms with van der Waals surface area (Å²) in [4.78, 5) is 26.6. The molecule has 1 aliphatic rings. The molecule has 1 N–H and O–H groups in total. The molecule has 0 spiro atoms. The molecule has 6 nitrogen and oxygen atoms in total. The van der Waals surface area contributed by atoms with Crippen LogP contribution in [0.3, 0.4) is 0 Å². The zero-order valence-corrected chi connectivity index (χ0v) is 11.6. The number of rotatable bonds is 1. The van der Waals surface area contributed by atoms with E-state index in [0.717, 1.165) is 0 Å². The lowest BCUT2D eigenvalue weighted by Crippen LogP contribution is -2.50. The highest BCUT2D eigenvalue weighted by molar-refractivity contribution is 5.86. The molecule has 0 aromatic carbocycles. The molecule has 1 saturated heterocycles.